The number of hydrogen-bond donors (Lipinski definition) is 0. The topological polar surface area (TPSA) is 18.5 Å². The number of halogens is 1. The first-order chi connectivity index (χ1) is 10.8. The number of rotatable bonds is 3. The molecule has 0 amide bonds. The Morgan fingerprint density at radius 2 is 1.43 bits per heavy atom. The zero-order chi connectivity index (χ0) is 16.7. The van der Waals surface area contributed by atoms with Crippen molar-refractivity contribution in [3.63, 3.8) is 0 Å². The Morgan fingerprint density at radius 1 is 0.957 bits per heavy atom. The van der Waals surface area contributed by atoms with Gasteiger partial charge < -0.3 is 9.31 Å². The third-order valence-corrected chi connectivity index (χ3v) is 6.65. The predicted octanol–water partition coefficient (Wildman–Crippen LogP) is 5.61. The van der Waals surface area contributed by atoms with E-state index in [9.17, 15) is 4.39 Å². The van der Waals surface area contributed by atoms with Crippen molar-refractivity contribution in [3.8, 4) is 0 Å². The van der Waals surface area contributed by atoms with Crippen LogP contribution >= 0.6 is 0 Å². The Hall–Kier alpha value is -0.345. The number of hydrogen-bond acceptors (Lipinski definition) is 2. The molecule has 0 aromatic rings. The molecule has 4 heteroatoms. The summed E-state index contributed by atoms with van der Waals surface area (Å²) in [5.74, 6) is 1.74. The van der Waals surface area contributed by atoms with E-state index in [1.807, 2.05) is 27.7 Å². The van der Waals surface area contributed by atoms with Crippen LogP contribution in [-0.2, 0) is 9.31 Å². The minimum atomic E-state index is -0.804. The monoisotopic (exact) mass is 322 g/mol. The average molecular weight is 322 g/mol. The molecule has 2 nitrogen and oxygen atoms in total. The molecule has 0 aromatic heterocycles. The van der Waals surface area contributed by atoms with Crippen molar-refractivity contribution < 1.29 is 13.7 Å². The van der Waals surface area contributed by atoms with E-state index in [1.54, 1.807) is 0 Å². The lowest BCUT2D eigenvalue weighted by molar-refractivity contribution is 0.00578. The van der Waals surface area contributed by atoms with E-state index in [-0.39, 0.29) is 5.73 Å². The summed E-state index contributed by atoms with van der Waals surface area (Å²) in [4.78, 5) is 0. The standard InChI is InChI=1S/C19H32BFO2/c1-18(2)19(3,4)23-20(22-18)17(21)16-11-9-15(10-12-16)13-14-7-5-6-8-14/h14-15H,5-13H2,1-4H3. The first-order valence-corrected chi connectivity index (χ1v) is 9.51. The van der Waals surface area contributed by atoms with Crippen molar-refractivity contribution in [2.24, 2.45) is 11.8 Å². The van der Waals surface area contributed by atoms with Gasteiger partial charge in [0.15, 0.2) is 0 Å². The van der Waals surface area contributed by atoms with Gasteiger partial charge in [0.2, 0.25) is 0 Å². The van der Waals surface area contributed by atoms with E-state index in [1.165, 1.54) is 32.1 Å². The van der Waals surface area contributed by atoms with Gasteiger partial charge in [-0.15, -0.1) is 0 Å². The second-order valence-electron chi connectivity index (χ2n) is 8.87. The fourth-order valence-corrected chi connectivity index (χ4v) is 4.33. The third kappa shape index (κ3) is 3.68. The maximum absolute atomic E-state index is 14.8. The molecular weight excluding hydrogens is 290 g/mol. The van der Waals surface area contributed by atoms with Crippen LogP contribution in [0.1, 0.15) is 85.5 Å². The lowest BCUT2D eigenvalue weighted by Crippen LogP contribution is -2.41. The molecule has 0 N–H and O–H groups in total. The van der Waals surface area contributed by atoms with Crippen LogP contribution in [0.4, 0.5) is 4.39 Å². The summed E-state index contributed by atoms with van der Waals surface area (Å²) in [6, 6.07) is 0. The van der Waals surface area contributed by atoms with Gasteiger partial charge in [0.05, 0.1) is 11.2 Å². The van der Waals surface area contributed by atoms with Gasteiger partial charge in [0, 0.05) is 0 Å². The summed E-state index contributed by atoms with van der Waals surface area (Å²) in [6.07, 6.45) is 11.1. The zero-order valence-corrected chi connectivity index (χ0v) is 15.3. The molecule has 1 heterocycles. The molecule has 23 heavy (non-hydrogen) atoms. The molecular formula is C19H32BFO2. The Bertz CT molecular complexity index is 440. The fraction of sp³-hybridized carbons (Fsp3) is 0.895. The molecule has 3 aliphatic rings. The molecule has 2 aliphatic carbocycles. The minimum Gasteiger partial charge on any atom is -0.398 e. The summed E-state index contributed by atoms with van der Waals surface area (Å²) >= 11 is 0. The molecule has 0 radical (unpaired) electrons. The van der Waals surface area contributed by atoms with Gasteiger partial charge in [-0.05, 0) is 77.2 Å². The van der Waals surface area contributed by atoms with E-state index < -0.39 is 18.3 Å². The minimum absolute atomic E-state index is 0.150. The highest BCUT2D eigenvalue weighted by Gasteiger charge is 2.53. The van der Waals surface area contributed by atoms with Crippen LogP contribution in [0.3, 0.4) is 0 Å². The van der Waals surface area contributed by atoms with E-state index in [0.29, 0.717) is 0 Å². The van der Waals surface area contributed by atoms with E-state index in [2.05, 4.69) is 0 Å². The van der Waals surface area contributed by atoms with Crippen molar-refractivity contribution in [2.45, 2.75) is 96.7 Å². The molecule has 0 aromatic carbocycles. The molecule has 1 saturated heterocycles. The van der Waals surface area contributed by atoms with E-state index in [4.69, 9.17) is 9.31 Å². The lowest BCUT2D eigenvalue weighted by Gasteiger charge is -2.32. The smallest absolute Gasteiger partial charge is 0.398 e. The summed E-state index contributed by atoms with van der Waals surface area (Å²) in [7, 11) is -0.804. The van der Waals surface area contributed by atoms with Crippen LogP contribution in [0.5, 0.6) is 0 Å². The van der Waals surface area contributed by atoms with Gasteiger partial charge in [-0.2, -0.15) is 0 Å². The zero-order valence-electron chi connectivity index (χ0n) is 15.3. The summed E-state index contributed by atoms with van der Waals surface area (Å²) < 4.78 is 26.6. The summed E-state index contributed by atoms with van der Waals surface area (Å²) in [5.41, 5.74) is -0.140. The third-order valence-electron chi connectivity index (χ3n) is 6.65. The van der Waals surface area contributed by atoms with Crippen molar-refractivity contribution >= 4 is 7.12 Å². The molecule has 2 saturated carbocycles. The Kier molecular flexibility index (Phi) is 4.95. The van der Waals surface area contributed by atoms with Crippen LogP contribution < -0.4 is 0 Å². The van der Waals surface area contributed by atoms with Gasteiger partial charge in [-0.25, -0.2) is 4.39 Å². The van der Waals surface area contributed by atoms with Crippen LogP contribution in [0.2, 0.25) is 0 Å². The van der Waals surface area contributed by atoms with Gasteiger partial charge in [-0.1, -0.05) is 25.7 Å². The molecule has 3 rings (SSSR count). The van der Waals surface area contributed by atoms with Crippen molar-refractivity contribution in [2.75, 3.05) is 0 Å². The van der Waals surface area contributed by atoms with Gasteiger partial charge in [0.25, 0.3) is 0 Å². The Morgan fingerprint density at radius 3 is 1.96 bits per heavy atom. The molecule has 0 atom stereocenters. The van der Waals surface area contributed by atoms with E-state index in [0.717, 1.165) is 43.1 Å². The van der Waals surface area contributed by atoms with Crippen molar-refractivity contribution in [1.82, 2.24) is 0 Å². The average Bonchev–Trinajstić information content (AvgIpc) is 3.05. The molecule has 0 spiro atoms. The fourth-order valence-electron chi connectivity index (χ4n) is 4.33. The molecule has 1 aliphatic heterocycles. The van der Waals surface area contributed by atoms with Crippen LogP contribution in [0.25, 0.3) is 0 Å². The highest BCUT2D eigenvalue weighted by atomic mass is 19.1. The Labute approximate surface area is 141 Å². The maximum Gasteiger partial charge on any atom is 0.525 e. The van der Waals surface area contributed by atoms with Crippen molar-refractivity contribution in [1.29, 1.82) is 0 Å². The predicted molar refractivity (Wildman–Crippen MR) is 92.7 cm³/mol. The lowest BCUT2D eigenvalue weighted by atomic mass is 9.75. The molecule has 130 valence electrons. The molecule has 3 fully saturated rings. The first-order valence-electron chi connectivity index (χ1n) is 9.51. The van der Waals surface area contributed by atoms with Gasteiger partial charge in [0.1, 0.15) is 5.73 Å². The largest absolute Gasteiger partial charge is 0.525 e. The number of allylic oxidation sites excluding steroid dienone is 1. The van der Waals surface area contributed by atoms with E-state index >= 15 is 0 Å². The van der Waals surface area contributed by atoms with Crippen LogP contribution in [-0.4, -0.2) is 18.3 Å². The summed E-state index contributed by atoms with van der Waals surface area (Å²) in [6.45, 7) is 7.90. The van der Waals surface area contributed by atoms with Crippen molar-refractivity contribution in [3.05, 3.63) is 11.3 Å². The molecule has 0 unspecified atom stereocenters. The highest BCUT2D eigenvalue weighted by molar-refractivity contribution is 6.53. The quantitative estimate of drug-likeness (QED) is 0.629. The van der Waals surface area contributed by atoms with Crippen LogP contribution in [0.15, 0.2) is 11.3 Å². The summed E-state index contributed by atoms with van der Waals surface area (Å²) in [5, 5.41) is 0. The normalized spacial score (nSPS) is 30.9. The SMILES string of the molecule is CC1(C)OB(C(F)=C2CCC(CC3CCCC3)CC2)OC1(C)C. The van der Waals surface area contributed by atoms with Gasteiger partial charge in [-0.3, -0.25) is 0 Å². The Balaban J connectivity index is 1.56. The highest BCUT2D eigenvalue weighted by Crippen LogP contribution is 2.42. The van der Waals surface area contributed by atoms with Gasteiger partial charge >= 0.3 is 7.12 Å². The molecule has 0 bridgehead atoms. The maximum atomic E-state index is 14.8. The second kappa shape index (κ2) is 6.52. The second-order valence-corrected chi connectivity index (χ2v) is 8.87. The van der Waals surface area contributed by atoms with Crippen LogP contribution in [0, 0.1) is 11.8 Å². The first kappa shape index (κ1) is 17.5.